The fourth-order valence-corrected chi connectivity index (χ4v) is 4.69. The molecule has 1 atom stereocenters. The topological polar surface area (TPSA) is 64.6 Å². The Morgan fingerprint density at radius 2 is 1.88 bits per heavy atom. The number of anilines is 1. The maximum atomic E-state index is 13.0. The van der Waals surface area contributed by atoms with Crippen LogP contribution in [0.25, 0.3) is 22.0 Å². The second-order valence-corrected chi connectivity index (χ2v) is 8.91. The molecule has 0 fully saturated rings. The lowest BCUT2D eigenvalue weighted by Crippen LogP contribution is -2.45. The Labute approximate surface area is 202 Å². The molecule has 0 N–H and O–H groups in total. The van der Waals surface area contributed by atoms with Gasteiger partial charge in [0.05, 0.1) is 23.7 Å². The van der Waals surface area contributed by atoms with Crippen molar-refractivity contribution in [2.45, 2.75) is 25.9 Å². The van der Waals surface area contributed by atoms with Crippen LogP contribution in [0.5, 0.6) is 11.5 Å². The lowest BCUT2D eigenvalue weighted by Gasteiger charge is -2.33. The number of fused-ring (bicyclic) bond motifs is 1. The van der Waals surface area contributed by atoms with Gasteiger partial charge in [0, 0.05) is 23.7 Å². The van der Waals surface area contributed by atoms with Gasteiger partial charge in [0.25, 0.3) is 5.91 Å². The Hall–Kier alpha value is -3.71. The third-order valence-electron chi connectivity index (χ3n) is 5.64. The predicted molar refractivity (Wildman–Crippen MR) is 134 cm³/mol. The Morgan fingerprint density at radius 1 is 1.03 bits per heavy atom. The van der Waals surface area contributed by atoms with Gasteiger partial charge in [-0.2, -0.15) is 0 Å². The first-order valence-corrected chi connectivity index (χ1v) is 12.2. The molecular weight excluding hydrogens is 446 g/mol. The summed E-state index contributed by atoms with van der Waals surface area (Å²) in [4.78, 5) is 24.0. The molecular formula is C27H25N3O3S. The highest BCUT2D eigenvalue weighted by Crippen LogP contribution is 2.38. The fraction of sp³-hybridized carbons (Fsp3) is 0.222. The van der Waals surface area contributed by atoms with Gasteiger partial charge < -0.3 is 14.4 Å². The first-order chi connectivity index (χ1) is 16.7. The van der Waals surface area contributed by atoms with Crippen molar-refractivity contribution in [2.24, 2.45) is 0 Å². The van der Waals surface area contributed by atoms with Crippen LogP contribution in [0, 0.1) is 0 Å². The Morgan fingerprint density at radius 3 is 2.71 bits per heavy atom. The van der Waals surface area contributed by atoms with Crippen LogP contribution in [0.4, 0.5) is 5.69 Å². The van der Waals surface area contributed by atoms with Crippen molar-refractivity contribution in [1.29, 1.82) is 0 Å². The molecule has 0 aliphatic carbocycles. The number of pyridine rings is 1. The van der Waals surface area contributed by atoms with Gasteiger partial charge in [0.1, 0.15) is 16.5 Å². The number of thiazole rings is 1. The SMILES string of the molecule is CC1Oc2ccc(-c3csc(-c4ccccn4)n3)cc2N(CCCCOc2ccccc2)C1=O. The van der Waals surface area contributed by atoms with E-state index in [1.807, 2.05) is 77.0 Å². The first-order valence-electron chi connectivity index (χ1n) is 11.4. The fourth-order valence-electron chi connectivity index (χ4n) is 3.89. The third-order valence-corrected chi connectivity index (χ3v) is 6.50. The van der Waals surface area contributed by atoms with Crippen LogP contribution in [0.15, 0.2) is 78.3 Å². The van der Waals surface area contributed by atoms with Crippen LogP contribution >= 0.6 is 11.3 Å². The number of rotatable bonds is 8. The third kappa shape index (κ3) is 4.79. The van der Waals surface area contributed by atoms with Gasteiger partial charge in [-0.15, -0.1) is 11.3 Å². The van der Waals surface area contributed by atoms with Crippen molar-refractivity contribution in [3.63, 3.8) is 0 Å². The summed E-state index contributed by atoms with van der Waals surface area (Å²) in [6, 6.07) is 21.5. The van der Waals surface area contributed by atoms with Crippen molar-refractivity contribution in [1.82, 2.24) is 9.97 Å². The van der Waals surface area contributed by atoms with Crippen molar-refractivity contribution < 1.29 is 14.3 Å². The Balaban J connectivity index is 1.30. The molecule has 0 saturated heterocycles. The lowest BCUT2D eigenvalue weighted by molar-refractivity contribution is -0.125. The largest absolute Gasteiger partial charge is 0.494 e. The molecule has 1 unspecified atom stereocenters. The molecule has 4 aromatic rings. The molecule has 0 spiro atoms. The number of unbranched alkanes of at least 4 members (excludes halogenated alkanes) is 1. The molecule has 5 rings (SSSR count). The summed E-state index contributed by atoms with van der Waals surface area (Å²) in [7, 11) is 0. The Bertz CT molecular complexity index is 1260. The molecule has 3 heterocycles. The number of amides is 1. The summed E-state index contributed by atoms with van der Waals surface area (Å²) < 4.78 is 11.7. The van der Waals surface area contributed by atoms with E-state index in [1.54, 1.807) is 24.5 Å². The van der Waals surface area contributed by atoms with E-state index in [1.165, 1.54) is 0 Å². The number of carbonyl (C=O) groups excluding carboxylic acids is 1. The summed E-state index contributed by atoms with van der Waals surface area (Å²) in [5, 5.41) is 2.88. The summed E-state index contributed by atoms with van der Waals surface area (Å²) in [6.07, 6.45) is 2.94. The van der Waals surface area contributed by atoms with Gasteiger partial charge in [0.15, 0.2) is 6.10 Å². The summed E-state index contributed by atoms with van der Waals surface area (Å²) in [6.45, 7) is 3.02. The molecule has 2 aromatic carbocycles. The maximum Gasteiger partial charge on any atom is 0.267 e. The number of carbonyl (C=O) groups is 1. The molecule has 2 aromatic heterocycles. The minimum atomic E-state index is -0.506. The van der Waals surface area contributed by atoms with Crippen molar-refractivity contribution in [3.8, 4) is 33.5 Å². The van der Waals surface area contributed by atoms with E-state index in [2.05, 4.69) is 4.98 Å². The number of hydrogen-bond donors (Lipinski definition) is 0. The van der Waals surface area contributed by atoms with Gasteiger partial charge in [-0.25, -0.2) is 4.98 Å². The van der Waals surface area contributed by atoms with E-state index in [0.717, 1.165) is 52.0 Å². The van der Waals surface area contributed by atoms with Crippen molar-refractivity contribution in [3.05, 3.63) is 78.3 Å². The number of hydrogen-bond acceptors (Lipinski definition) is 6. The molecule has 34 heavy (non-hydrogen) atoms. The Kier molecular flexibility index (Phi) is 6.53. The lowest BCUT2D eigenvalue weighted by atomic mass is 10.1. The van der Waals surface area contributed by atoms with Crippen LogP contribution in [0.2, 0.25) is 0 Å². The minimum Gasteiger partial charge on any atom is -0.494 e. The molecule has 0 bridgehead atoms. The molecule has 172 valence electrons. The summed E-state index contributed by atoms with van der Waals surface area (Å²) in [5.74, 6) is 1.56. The molecule has 0 radical (unpaired) electrons. The average Bonchev–Trinajstić information content (AvgIpc) is 3.37. The number of nitrogens with zero attached hydrogens (tertiary/aromatic N) is 3. The van der Waals surface area contributed by atoms with Gasteiger partial charge in [-0.05, 0) is 62.2 Å². The normalized spacial score (nSPS) is 15.0. The van der Waals surface area contributed by atoms with Crippen molar-refractivity contribution in [2.75, 3.05) is 18.1 Å². The van der Waals surface area contributed by atoms with E-state index in [-0.39, 0.29) is 5.91 Å². The number of benzene rings is 2. The standard InChI is InChI=1S/C27H25N3O3S/c1-19-27(31)30(15-7-8-16-32-21-9-3-2-4-10-21)24-17-20(12-13-25(24)33-19)23-18-34-26(29-23)22-11-5-6-14-28-22/h2-6,9-14,17-19H,7-8,15-16H2,1H3. The van der Waals surface area contributed by atoms with E-state index >= 15 is 0 Å². The van der Waals surface area contributed by atoms with Gasteiger partial charge in [0.2, 0.25) is 0 Å². The van der Waals surface area contributed by atoms with Crippen LogP contribution in [0.1, 0.15) is 19.8 Å². The van der Waals surface area contributed by atoms with E-state index in [9.17, 15) is 4.79 Å². The highest BCUT2D eigenvalue weighted by molar-refractivity contribution is 7.13. The zero-order valence-electron chi connectivity index (χ0n) is 18.9. The van der Waals surface area contributed by atoms with Crippen LogP contribution in [-0.4, -0.2) is 35.1 Å². The average molecular weight is 472 g/mol. The second-order valence-electron chi connectivity index (χ2n) is 8.05. The highest BCUT2D eigenvalue weighted by atomic mass is 32.1. The molecule has 7 heteroatoms. The van der Waals surface area contributed by atoms with Gasteiger partial charge in [-0.1, -0.05) is 24.3 Å². The molecule has 0 saturated carbocycles. The van der Waals surface area contributed by atoms with Gasteiger partial charge in [-0.3, -0.25) is 9.78 Å². The van der Waals surface area contributed by atoms with E-state index in [0.29, 0.717) is 13.2 Å². The molecule has 1 aliphatic rings. The zero-order valence-corrected chi connectivity index (χ0v) is 19.7. The number of para-hydroxylation sites is 1. The number of ether oxygens (including phenoxy) is 2. The van der Waals surface area contributed by atoms with Crippen molar-refractivity contribution >= 4 is 22.9 Å². The molecule has 1 amide bonds. The maximum absolute atomic E-state index is 13.0. The van der Waals surface area contributed by atoms with E-state index in [4.69, 9.17) is 14.5 Å². The monoisotopic (exact) mass is 471 g/mol. The number of aromatic nitrogens is 2. The van der Waals surface area contributed by atoms with Crippen LogP contribution in [0.3, 0.4) is 0 Å². The quantitative estimate of drug-likeness (QED) is 0.302. The second kappa shape index (κ2) is 10.1. The smallest absolute Gasteiger partial charge is 0.267 e. The molecule has 1 aliphatic heterocycles. The minimum absolute atomic E-state index is 0.0268. The van der Waals surface area contributed by atoms with Crippen LogP contribution in [-0.2, 0) is 4.79 Å². The van der Waals surface area contributed by atoms with E-state index < -0.39 is 6.10 Å². The van der Waals surface area contributed by atoms with Gasteiger partial charge >= 0.3 is 0 Å². The summed E-state index contributed by atoms with van der Waals surface area (Å²) >= 11 is 1.55. The first kappa shape index (κ1) is 22.1. The van der Waals surface area contributed by atoms with Crippen LogP contribution < -0.4 is 14.4 Å². The zero-order chi connectivity index (χ0) is 23.3. The predicted octanol–water partition coefficient (Wildman–Crippen LogP) is 5.85. The highest BCUT2D eigenvalue weighted by Gasteiger charge is 2.31. The summed E-state index contributed by atoms with van der Waals surface area (Å²) in [5.41, 5.74) is 3.44. The molecule has 6 nitrogen and oxygen atoms in total.